The highest BCUT2D eigenvalue weighted by Crippen LogP contribution is 2.28. The minimum absolute atomic E-state index is 0.272. The fourth-order valence-electron chi connectivity index (χ4n) is 2.45. The highest BCUT2D eigenvalue weighted by Gasteiger charge is 2.18. The van der Waals surface area contributed by atoms with Gasteiger partial charge in [-0.25, -0.2) is 0 Å². The predicted molar refractivity (Wildman–Crippen MR) is 89.8 cm³/mol. The summed E-state index contributed by atoms with van der Waals surface area (Å²) in [5.41, 5.74) is 4.54. The first-order valence-electron chi connectivity index (χ1n) is 7.03. The molecule has 1 aromatic heterocycles. The molecule has 112 valence electrons. The van der Waals surface area contributed by atoms with E-state index in [0.717, 1.165) is 22.1 Å². The van der Waals surface area contributed by atoms with Crippen LogP contribution in [0.4, 0.5) is 5.69 Å². The molecule has 22 heavy (non-hydrogen) atoms. The summed E-state index contributed by atoms with van der Waals surface area (Å²) in [7, 11) is 0. The van der Waals surface area contributed by atoms with Gasteiger partial charge in [0.1, 0.15) is 5.58 Å². The molecular weight excluding hydrogens is 298 g/mol. The molecule has 0 unspecified atom stereocenters. The average Bonchev–Trinajstić information content (AvgIpc) is 2.77. The number of aryl methyl sites for hydroxylation is 3. The van der Waals surface area contributed by atoms with Crippen LogP contribution < -0.4 is 5.32 Å². The Morgan fingerprint density at radius 1 is 1.09 bits per heavy atom. The van der Waals surface area contributed by atoms with Gasteiger partial charge in [-0.2, -0.15) is 0 Å². The third-order valence-electron chi connectivity index (χ3n) is 3.84. The lowest BCUT2D eigenvalue weighted by atomic mass is 10.1. The minimum Gasteiger partial charge on any atom is -0.451 e. The number of benzene rings is 2. The zero-order chi connectivity index (χ0) is 15.9. The van der Waals surface area contributed by atoms with Crippen molar-refractivity contribution in [2.45, 2.75) is 20.8 Å². The van der Waals surface area contributed by atoms with Crippen molar-refractivity contribution in [1.29, 1.82) is 0 Å². The van der Waals surface area contributed by atoms with Gasteiger partial charge in [-0.05, 0) is 62.2 Å². The summed E-state index contributed by atoms with van der Waals surface area (Å²) < 4.78 is 5.75. The highest BCUT2D eigenvalue weighted by atomic mass is 35.5. The molecule has 0 fully saturated rings. The monoisotopic (exact) mass is 313 g/mol. The molecular formula is C18H16ClNO2. The lowest BCUT2D eigenvalue weighted by Crippen LogP contribution is -2.11. The number of nitrogens with one attached hydrogen (secondary N) is 1. The third kappa shape index (κ3) is 2.60. The summed E-state index contributed by atoms with van der Waals surface area (Å²) in [5.74, 6) is 0.0613. The van der Waals surface area contributed by atoms with E-state index in [9.17, 15) is 4.79 Å². The second kappa shape index (κ2) is 5.50. The van der Waals surface area contributed by atoms with Crippen LogP contribution in [0.2, 0.25) is 5.02 Å². The molecule has 3 nitrogen and oxygen atoms in total. The fourth-order valence-corrected chi connectivity index (χ4v) is 2.64. The largest absolute Gasteiger partial charge is 0.451 e. The van der Waals surface area contributed by atoms with Crippen molar-refractivity contribution in [2.24, 2.45) is 0 Å². The Bertz CT molecular complexity index is 880. The summed E-state index contributed by atoms with van der Waals surface area (Å²) in [6.07, 6.45) is 0. The van der Waals surface area contributed by atoms with Crippen molar-refractivity contribution in [3.8, 4) is 0 Å². The Morgan fingerprint density at radius 2 is 1.82 bits per heavy atom. The molecule has 0 aliphatic heterocycles. The lowest BCUT2D eigenvalue weighted by Gasteiger charge is -2.04. The number of carbonyl (C=O) groups excluding carboxylic acids is 1. The molecule has 0 spiro atoms. The van der Waals surface area contributed by atoms with E-state index in [1.165, 1.54) is 5.56 Å². The molecule has 2 aromatic carbocycles. The normalized spacial score (nSPS) is 10.9. The molecule has 1 amide bonds. The SMILES string of the molecule is Cc1cc2oc(C(=O)Nc3cccc(Cl)c3)c(C)c2cc1C. The summed E-state index contributed by atoms with van der Waals surface area (Å²) in [6, 6.07) is 11.1. The van der Waals surface area contributed by atoms with Crippen LogP contribution in [0.25, 0.3) is 11.0 Å². The van der Waals surface area contributed by atoms with Gasteiger partial charge in [0.05, 0.1) is 0 Å². The first-order chi connectivity index (χ1) is 10.5. The van der Waals surface area contributed by atoms with Crippen LogP contribution in [-0.4, -0.2) is 5.91 Å². The van der Waals surface area contributed by atoms with Crippen molar-refractivity contribution in [3.05, 3.63) is 63.9 Å². The van der Waals surface area contributed by atoms with E-state index in [1.54, 1.807) is 24.3 Å². The molecule has 1 heterocycles. The Labute approximate surface area is 133 Å². The first kappa shape index (κ1) is 14.7. The van der Waals surface area contributed by atoms with E-state index >= 15 is 0 Å². The van der Waals surface area contributed by atoms with Crippen LogP contribution in [-0.2, 0) is 0 Å². The second-order valence-corrected chi connectivity index (χ2v) is 5.89. The Kier molecular flexibility index (Phi) is 3.67. The van der Waals surface area contributed by atoms with E-state index in [1.807, 2.05) is 26.8 Å². The molecule has 1 N–H and O–H groups in total. The topological polar surface area (TPSA) is 42.2 Å². The molecule has 0 saturated carbocycles. The van der Waals surface area contributed by atoms with Crippen LogP contribution in [0.5, 0.6) is 0 Å². The van der Waals surface area contributed by atoms with E-state index < -0.39 is 0 Å². The third-order valence-corrected chi connectivity index (χ3v) is 4.08. The van der Waals surface area contributed by atoms with Crippen LogP contribution >= 0.6 is 11.6 Å². The van der Waals surface area contributed by atoms with Gasteiger partial charge in [0.25, 0.3) is 5.91 Å². The smallest absolute Gasteiger partial charge is 0.291 e. The molecule has 0 bridgehead atoms. The number of anilines is 1. The van der Waals surface area contributed by atoms with Crippen molar-refractivity contribution >= 4 is 34.2 Å². The number of amides is 1. The number of hydrogen-bond donors (Lipinski definition) is 1. The summed E-state index contributed by atoms with van der Waals surface area (Å²) >= 11 is 5.93. The van der Waals surface area contributed by atoms with Crippen LogP contribution in [0.1, 0.15) is 27.2 Å². The number of hydrogen-bond acceptors (Lipinski definition) is 2. The van der Waals surface area contributed by atoms with E-state index in [2.05, 4.69) is 11.4 Å². The number of rotatable bonds is 2. The van der Waals surface area contributed by atoms with E-state index in [0.29, 0.717) is 16.5 Å². The molecule has 0 saturated heterocycles. The number of fused-ring (bicyclic) bond motifs is 1. The predicted octanol–water partition coefficient (Wildman–Crippen LogP) is 5.26. The number of carbonyl (C=O) groups is 1. The summed E-state index contributed by atoms with van der Waals surface area (Å²) in [5, 5.41) is 4.36. The van der Waals surface area contributed by atoms with E-state index in [-0.39, 0.29) is 5.91 Å². The van der Waals surface area contributed by atoms with Gasteiger partial charge in [0.15, 0.2) is 5.76 Å². The minimum atomic E-state index is -0.272. The fraction of sp³-hybridized carbons (Fsp3) is 0.167. The first-order valence-corrected chi connectivity index (χ1v) is 7.41. The van der Waals surface area contributed by atoms with Gasteiger partial charge in [-0.15, -0.1) is 0 Å². The van der Waals surface area contributed by atoms with Crippen LogP contribution in [0, 0.1) is 20.8 Å². The van der Waals surface area contributed by atoms with Gasteiger partial charge in [0, 0.05) is 21.7 Å². The van der Waals surface area contributed by atoms with Gasteiger partial charge in [-0.3, -0.25) is 4.79 Å². The van der Waals surface area contributed by atoms with Gasteiger partial charge < -0.3 is 9.73 Å². The standard InChI is InChI=1S/C18H16ClNO2/c1-10-7-15-12(3)17(22-16(15)8-11(10)2)18(21)20-14-6-4-5-13(19)9-14/h4-9H,1-3H3,(H,20,21). The van der Waals surface area contributed by atoms with Crippen molar-refractivity contribution < 1.29 is 9.21 Å². The van der Waals surface area contributed by atoms with Crippen LogP contribution in [0.3, 0.4) is 0 Å². The zero-order valence-electron chi connectivity index (χ0n) is 12.7. The lowest BCUT2D eigenvalue weighted by molar-refractivity contribution is 0.0998. The molecule has 0 atom stereocenters. The van der Waals surface area contributed by atoms with Crippen LogP contribution in [0.15, 0.2) is 40.8 Å². The maximum atomic E-state index is 12.4. The molecule has 0 aliphatic carbocycles. The molecule has 3 aromatic rings. The maximum Gasteiger partial charge on any atom is 0.291 e. The molecule has 3 rings (SSSR count). The zero-order valence-corrected chi connectivity index (χ0v) is 13.4. The average molecular weight is 314 g/mol. The molecule has 4 heteroatoms. The quantitative estimate of drug-likeness (QED) is 0.701. The van der Waals surface area contributed by atoms with Gasteiger partial charge in [-0.1, -0.05) is 17.7 Å². The van der Waals surface area contributed by atoms with Crippen molar-refractivity contribution in [3.63, 3.8) is 0 Å². The van der Waals surface area contributed by atoms with E-state index in [4.69, 9.17) is 16.0 Å². The highest BCUT2D eigenvalue weighted by molar-refractivity contribution is 6.31. The van der Waals surface area contributed by atoms with Gasteiger partial charge >= 0.3 is 0 Å². The van der Waals surface area contributed by atoms with Gasteiger partial charge in [0.2, 0.25) is 0 Å². The summed E-state index contributed by atoms with van der Waals surface area (Å²) in [4.78, 5) is 12.4. The Morgan fingerprint density at radius 3 is 2.55 bits per heavy atom. The number of furan rings is 1. The van der Waals surface area contributed by atoms with Crippen molar-refractivity contribution in [2.75, 3.05) is 5.32 Å². The maximum absolute atomic E-state index is 12.4. The molecule has 0 radical (unpaired) electrons. The second-order valence-electron chi connectivity index (χ2n) is 5.45. The Hall–Kier alpha value is -2.26. The number of halogens is 1. The summed E-state index contributed by atoms with van der Waals surface area (Å²) in [6.45, 7) is 5.97. The Balaban J connectivity index is 1.99. The molecule has 0 aliphatic rings. The van der Waals surface area contributed by atoms with Crippen molar-refractivity contribution in [1.82, 2.24) is 0 Å².